The minimum atomic E-state index is -0.268. The van der Waals surface area contributed by atoms with E-state index in [0.29, 0.717) is 18.3 Å². The second-order valence-corrected chi connectivity index (χ2v) is 4.49. The van der Waals surface area contributed by atoms with Gasteiger partial charge in [-0.05, 0) is 51.0 Å². The number of halogens is 1. The first-order valence-corrected chi connectivity index (χ1v) is 5.81. The molecule has 2 nitrogen and oxygen atoms in total. The fourth-order valence-corrected chi connectivity index (χ4v) is 2.00. The Balaban J connectivity index is 1.81. The van der Waals surface area contributed by atoms with Crippen LogP contribution < -0.4 is 4.74 Å². The minimum absolute atomic E-state index is 0.268. The van der Waals surface area contributed by atoms with Crippen LogP contribution in [0.1, 0.15) is 12.8 Å². The van der Waals surface area contributed by atoms with E-state index in [1.165, 1.54) is 6.07 Å². The number of piperidine rings is 1. The normalized spacial score (nSPS) is 18.6. The van der Waals surface area contributed by atoms with Gasteiger partial charge >= 0.3 is 0 Å². The Bertz CT molecular complexity index is 334. The summed E-state index contributed by atoms with van der Waals surface area (Å²) in [6.07, 6.45) is 2.29. The predicted octanol–water partition coefficient (Wildman–Crippen LogP) is 2.55. The maximum atomic E-state index is 13.3. The van der Waals surface area contributed by atoms with E-state index in [2.05, 4.69) is 11.9 Å². The Morgan fingerprint density at radius 3 is 2.69 bits per heavy atom. The zero-order valence-electron chi connectivity index (χ0n) is 9.66. The van der Waals surface area contributed by atoms with Gasteiger partial charge in [0.15, 0.2) is 11.6 Å². The van der Waals surface area contributed by atoms with Gasteiger partial charge < -0.3 is 9.64 Å². The quantitative estimate of drug-likeness (QED) is 0.780. The van der Waals surface area contributed by atoms with Gasteiger partial charge in [0.25, 0.3) is 0 Å². The molecule has 0 aromatic heterocycles. The molecule has 16 heavy (non-hydrogen) atoms. The molecular formula is C13H18FNO. The van der Waals surface area contributed by atoms with Gasteiger partial charge in [0.1, 0.15) is 0 Å². The summed E-state index contributed by atoms with van der Waals surface area (Å²) in [5.41, 5.74) is 0. The first kappa shape index (κ1) is 11.4. The van der Waals surface area contributed by atoms with E-state index in [-0.39, 0.29) is 5.82 Å². The Labute approximate surface area is 96.0 Å². The van der Waals surface area contributed by atoms with Gasteiger partial charge in [-0.3, -0.25) is 0 Å². The number of nitrogens with zero attached hydrogens (tertiary/aromatic N) is 1. The molecule has 0 atom stereocenters. The van der Waals surface area contributed by atoms with Crippen LogP contribution in [0.4, 0.5) is 4.39 Å². The SMILES string of the molecule is CN1CCC(COc2ccccc2F)CC1. The molecule has 2 rings (SSSR count). The van der Waals surface area contributed by atoms with Gasteiger partial charge in [-0.25, -0.2) is 4.39 Å². The van der Waals surface area contributed by atoms with Crippen molar-refractivity contribution in [3.05, 3.63) is 30.1 Å². The molecule has 1 aliphatic rings. The Hall–Kier alpha value is -1.09. The molecule has 3 heteroatoms. The lowest BCUT2D eigenvalue weighted by Crippen LogP contribution is -2.32. The third kappa shape index (κ3) is 2.95. The van der Waals surface area contributed by atoms with Crippen molar-refractivity contribution in [1.82, 2.24) is 4.90 Å². The number of para-hydroxylation sites is 1. The van der Waals surface area contributed by atoms with Crippen molar-refractivity contribution in [2.75, 3.05) is 26.7 Å². The van der Waals surface area contributed by atoms with E-state index < -0.39 is 0 Å². The summed E-state index contributed by atoms with van der Waals surface area (Å²) in [7, 11) is 2.13. The van der Waals surface area contributed by atoms with E-state index in [1.807, 2.05) is 0 Å². The summed E-state index contributed by atoms with van der Waals surface area (Å²) in [6, 6.07) is 6.60. The maximum Gasteiger partial charge on any atom is 0.165 e. The topological polar surface area (TPSA) is 12.5 Å². The molecule has 0 unspecified atom stereocenters. The van der Waals surface area contributed by atoms with Crippen LogP contribution >= 0.6 is 0 Å². The Kier molecular flexibility index (Phi) is 3.78. The van der Waals surface area contributed by atoms with Crippen molar-refractivity contribution >= 4 is 0 Å². The lowest BCUT2D eigenvalue weighted by Gasteiger charge is -2.28. The molecule has 0 spiro atoms. The molecule has 88 valence electrons. The molecule has 1 aliphatic heterocycles. The lowest BCUT2D eigenvalue weighted by atomic mass is 9.98. The average Bonchev–Trinajstić information content (AvgIpc) is 2.30. The fraction of sp³-hybridized carbons (Fsp3) is 0.538. The van der Waals surface area contributed by atoms with Gasteiger partial charge in [0.05, 0.1) is 6.61 Å². The third-order valence-corrected chi connectivity index (χ3v) is 3.15. The molecular weight excluding hydrogens is 205 g/mol. The molecule has 1 aromatic carbocycles. The predicted molar refractivity (Wildman–Crippen MR) is 62.1 cm³/mol. The van der Waals surface area contributed by atoms with Gasteiger partial charge in [0.2, 0.25) is 0 Å². The average molecular weight is 223 g/mol. The van der Waals surface area contributed by atoms with Crippen molar-refractivity contribution < 1.29 is 9.13 Å². The molecule has 0 N–H and O–H groups in total. The molecule has 1 heterocycles. The zero-order valence-corrected chi connectivity index (χ0v) is 9.66. The monoisotopic (exact) mass is 223 g/mol. The number of ether oxygens (including phenoxy) is 1. The number of benzene rings is 1. The van der Waals surface area contributed by atoms with Crippen LogP contribution in [0.15, 0.2) is 24.3 Å². The maximum absolute atomic E-state index is 13.3. The number of rotatable bonds is 3. The van der Waals surface area contributed by atoms with Crippen LogP contribution in [-0.4, -0.2) is 31.6 Å². The first-order valence-electron chi connectivity index (χ1n) is 5.81. The molecule has 0 saturated carbocycles. The molecule has 1 fully saturated rings. The van der Waals surface area contributed by atoms with Gasteiger partial charge in [0, 0.05) is 0 Å². The van der Waals surface area contributed by atoms with Crippen molar-refractivity contribution in [2.24, 2.45) is 5.92 Å². The van der Waals surface area contributed by atoms with Crippen molar-refractivity contribution in [2.45, 2.75) is 12.8 Å². The minimum Gasteiger partial charge on any atom is -0.490 e. The molecule has 0 aliphatic carbocycles. The molecule has 1 saturated heterocycles. The van der Waals surface area contributed by atoms with Crippen molar-refractivity contribution in [1.29, 1.82) is 0 Å². The van der Waals surface area contributed by atoms with E-state index in [0.717, 1.165) is 25.9 Å². The van der Waals surface area contributed by atoms with Gasteiger partial charge in [-0.1, -0.05) is 12.1 Å². The second-order valence-electron chi connectivity index (χ2n) is 4.49. The molecule has 0 amide bonds. The summed E-state index contributed by atoms with van der Waals surface area (Å²) in [5.74, 6) is 0.674. The summed E-state index contributed by atoms with van der Waals surface area (Å²) in [6.45, 7) is 2.87. The summed E-state index contributed by atoms with van der Waals surface area (Å²) in [5, 5.41) is 0. The lowest BCUT2D eigenvalue weighted by molar-refractivity contribution is 0.157. The summed E-state index contributed by atoms with van der Waals surface area (Å²) >= 11 is 0. The summed E-state index contributed by atoms with van der Waals surface area (Å²) < 4.78 is 18.8. The second kappa shape index (κ2) is 5.30. The van der Waals surface area contributed by atoms with Crippen molar-refractivity contribution in [3.8, 4) is 5.75 Å². The smallest absolute Gasteiger partial charge is 0.165 e. The molecule has 0 bridgehead atoms. The van der Waals surface area contributed by atoms with E-state index in [4.69, 9.17) is 4.74 Å². The highest BCUT2D eigenvalue weighted by atomic mass is 19.1. The van der Waals surface area contributed by atoms with E-state index in [9.17, 15) is 4.39 Å². The van der Waals surface area contributed by atoms with Crippen LogP contribution in [0.3, 0.4) is 0 Å². The number of hydrogen-bond donors (Lipinski definition) is 0. The van der Waals surface area contributed by atoms with Gasteiger partial charge in [-0.2, -0.15) is 0 Å². The highest BCUT2D eigenvalue weighted by Crippen LogP contribution is 2.20. The van der Waals surface area contributed by atoms with Crippen LogP contribution in [0.5, 0.6) is 5.75 Å². The van der Waals surface area contributed by atoms with E-state index >= 15 is 0 Å². The first-order chi connectivity index (χ1) is 7.75. The van der Waals surface area contributed by atoms with Gasteiger partial charge in [-0.15, -0.1) is 0 Å². The molecule has 0 radical (unpaired) electrons. The largest absolute Gasteiger partial charge is 0.490 e. The van der Waals surface area contributed by atoms with Crippen LogP contribution in [0.25, 0.3) is 0 Å². The van der Waals surface area contributed by atoms with E-state index in [1.54, 1.807) is 18.2 Å². The standard InChI is InChI=1S/C13H18FNO/c1-15-8-6-11(7-9-15)10-16-13-5-3-2-4-12(13)14/h2-5,11H,6-10H2,1H3. The molecule has 1 aromatic rings. The number of hydrogen-bond acceptors (Lipinski definition) is 2. The van der Waals surface area contributed by atoms with Crippen LogP contribution in [-0.2, 0) is 0 Å². The number of likely N-dealkylation sites (tertiary alicyclic amines) is 1. The summed E-state index contributed by atoms with van der Waals surface area (Å²) in [4.78, 5) is 2.32. The fourth-order valence-electron chi connectivity index (χ4n) is 2.00. The Morgan fingerprint density at radius 2 is 2.00 bits per heavy atom. The zero-order chi connectivity index (χ0) is 11.4. The highest BCUT2D eigenvalue weighted by Gasteiger charge is 2.17. The van der Waals surface area contributed by atoms with Crippen LogP contribution in [0, 0.1) is 11.7 Å². The van der Waals surface area contributed by atoms with Crippen LogP contribution in [0.2, 0.25) is 0 Å². The highest BCUT2D eigenvalue weighted by molar-refractivity contribution is 5.23. The van der Waals surface area contributed by atoms with Crippen molar-refractivity contribution in [3.63, 3.8) is 0 Å². The third-order valence-electron chi connectivity index (χ3n) is 3.15. The Morgan fingerprint density at radius 1 is 1.31 bits per heavy atom.